The van der Waals surface area contributed by atoms with Crippen LogP contribution >= 0.6 is 0 Å². The third-order valence-electron chi connectivity index (χ3n) is 6.12. The highest BCUT2D eigenvalue weighted by molar-refractivity contribution is 5.31. The Kier molecular flexibility index (Phi) is 2.32. The van der Waals surface area contributed by atoms with Crippen molar-refractivity contribution in [2.24, 2.45) is 24.8 Å². The van der Waals surface area contributed by atoms with Crippen LogP contribution in [0.4, 0.5) is 0 Å². The first-order valence-corrected chi connectivity index (χ1v) is 7.73. The normalized spacial score (nSPS) is 38.1. The van der Waals surface area contributed by atoms with Gasteiger partial charge in [0.15, 0.2) is 0 Å². The van der Waals surface area contributed by atoms with Gasteiger partial charge in [-0.25, -0.2) is 4.68 Å². The first-order chi connectivity index (χ1) is 9.54. The van der Waals surface area contributed by atoms with Crippen LogP contribution in [0.2, 0.25) is 0 Å². The van der Waals surface area contributed by atoms with Crippen molar-refractivity contribution in [1.82, 2.24) is 9.36 Å². The van der Waals surface area contributed by atoms with Gasteiger partial charge >= 0.3 is 0 Å². The van der Waals surface area contributed by atoms with Gasteiger partial charge < -0.3 is 0 Å². The Morgan fingerprint density at radius 1 is 1.15 bits per heavy atom. The van der Waals surface area contributed by atoms with Gasteiger partial charge in [-0.15, -0.1) is 0 Å². The standard InChI is InChI=1S/C16H21N3O/c1-10-14(9-17)15(20)19(18(10)2)16-6-11-3-12(7-16)5-13(4-11)8-16/h11-13H,3-8H2,1-2H3. The van der Waals surface area contributed by atoms with Crippen LogP contribution in [0.1, 0.15) is 49.8 Å². The van der Waals surface area contributed by atoms with Crippen molar-refractivity contribution in [2.75, 3.05) is 0 Å². The van der Waals surface area contributed by atoms with Gasteiger partial charge in [-0.2, -0.15) is 5.26 Å². The van der Waals surface area contributed by atoms with Crippen molar-refractivity contribution in [3.63, 3.8) is 0 Å². The summed E-state index contributed by atoms with van der Waals surface area (Å²) in [5, 5.41) is 9.24. The van der Waals surface area contributed by atoms with Crippen LogP contribution < -0.4 is 5.56 Å². The van der Waals surface area contributed by atoms with E-state index < -0.39 is 0 Å². The van der Waals surface area contributed by atoms with E-state index in [-0.39, 0.29) is 11.1 Å². The van der Waals surface area contributed by atoms with Gasteiger partial charge in [0.05, 0.1) is 11.2 Å². The van der Waals surface area contributed by atoms with Crippen LogP contribution in [-0.4, -0.2) is 9.36 Å². The van der Waals surface area contributed by atoms with Crippen LogP contribution in [0.15, 0.2) is 4.79 Å². The molecule has 0 saturated heterocycles. The van der Waals surface area contributed by atoms with Gasteiger partial charge in [0.2, 0.25) is 0 Å². The summed E-state index contributed by atoms with van der Waals surface area (Å²) in [5.41, 5.74) is 1.09. The highest BCUT2D eigenvalue weighted by atomic mass is 16.1. The lowest BCUT2D eigenvalue weighted by atomic mass is 9.53. The van der Waals surface area contributed by atoms with Crippen LogP contribution in [0.3, 0.4) is 0 Å². The Morgan fingerprint density at radius 2 is 1.65 bits per heavy atom. The van der Waals surface area contributed by atoms with Crippen molar-refractivity contribution < 1.29 is 0 Å². The van der Waals surface area contributed by atoms with Gasteiger partial charge in [0.25, 0.3) is 5.56 Å². The van der Waals surface area contributed by atoms with E-state index in [4.69, 9.17) is 0 Å². The quantitative estimate of drug-likeness (QED) is 0.787. The van der Waals surface area contributed by atoms with E-state index in [2.05, 4.69) is 6.07 Å². The average Bonchev–Trinajstić information content (AvgIpc) is 2.58. The van der Waals surface area contributed by atoms with E-state index in [9.17, 15) is 10.1 Å². The number of hydrogen-bond acceptors (Lipinski definition) is 2. The summed E-state index contributed by atoms with van der Waals surface area (Å²) < 4.78 is 3.90. The highest BCUT2D eigenvalue weighted by Gasteiger charge is 2.53. The number of nitriles is 1. The minimum atomic E-state index is -0.0607. The maximum atomic E-state index is 12.7. The molecule has 0 spiro atoms. The number of nitrogens with zero attached hydrogens (tertiary/aromatic N) is 3. The van der Waals surface area contributed by atoms with Crippen molar-refractivity contribution in [3.05, 3.63) is 21.6 Å². The fourth-order valence-electron chi connectivity index (χ4n) is 5.70. The molecule has 106 valence electrons. The predicted octanol–water partition coefficient (Wildman–Crippen LogP) is 2.29. The fraction of sp³-hybridized carbons (Fsp3) is 0.750. The zero-order valence-electron chi connectivity index (χ0n) is 12.2. The molecule has 0 N–H and O–H groups in total. The molecule has 4 nitrogen and oxygen atoms in total. The molecule has 0 amide bonds. The van der Waals surface area contributed by atoms with E-state index >= 15 is 0 Å². The second-order valence-corrected chi connectivity index (χ2v) is 7.35. The van der Waals surface area contributed by atoms with Crippen LogP contribution in [-0.2, 0) is 12.6 Å². The van der Waals surface area contributed by atoms with Crippen molar-refractivity contribution in [1.29, 1.82) is 5.26 Å². The third kappa shape index (κ3) is 1.38. The van der Waals surface area contributed by atoms with E-state index in [1.165, 1.54) is 19.3 Å². The number of hydrogen-bond donors (Lipinski definition) is 0. The largest absolute Gasteiger partial charge is 0.288 e. The summed E-state index contributed by atoms with van der Waals surface area (Å²) in [7, 11) is 1.94. The third-order valence-corrected chi connectivity index (χ3v) is 6.12. The lowest BCUT2D eigenvalue weighted by molar-refractivity contribution is -0.0563. The molecule has 1 aromatic heterocycles. The van der Waals surface area contributed by atoms with E-state index in [0.717, 1.165) is 42.7 Å². The maximum absolute atomic E-state index is 12.7. The van der Waals surface area contributed by atoms with Gasteiger partial charge in [0, 0.05) is 7.05 Å². The monoisotopic (exact) mass is 271 g/mol. The molecule has 5 rings (SSSR count). The van der Waals surface area contributed by atoms with Crippen molar-refractivity contribution in [3.8, 4) is 6.07 Å². The molecule has 0 atom stereocenters. The molecule has 4 saturated carbocycles. The molecule has 0 unspecified atom stereocenters. The summed E-state index contributed by atoms with van der Waals surface area (Å²) in [6.45, 7) is 1.89. The molecule has 4 aliphatic rings. The lowest BCUT2D eigenvalue weighted by Gasteiger charge is -2.57. The minimum absolute atomic E-state index is 0.000440. The summed E-state index contributed by atoms with van der Waals surface area (Å²) in [6.07, 6.45) is 7.51. The Morgan fingerprint density at radius 3 is 2.05 bits per heavy atom. The number of rotatable bonds is 1. The lowest BCUT2D eigenvalue weighted by Crippen LogP contribution is -2.55. The van der Waals surface area contributed by atoms with Crippen LogP contribution in [0, 0.1) is 36.0 Å². The molecule has 20 heavy (non-hydrogen) atoms. The van der Waals surface area contributed by atoms with E-state index in [1.54, 1.807) is 0 Å². The summed E-state index contributed by atoms with van der Waals surface area (Å²) >= 11 is 0. The summed E-state index contributed by atoms with van der Waals surface area (Å²) in [5.74, 6) is 2.40. The van der Waals surface area contributed by atoms with Crippen molar-refractivity contribution >= 4 is 0 Å². The minimum Gasteiger partial charge on any atom is -0.288 e. The van der Waals surface area contributed by atoms with Gasteiger partial charge in [0.1, 0.15) is 11.6 Å². The molecule has 1 heterocycles. The van der Waals surface area contributed by atoms with Gasteiger partial charge in [-0.1, -0.05) is 0 Å². The topological polar surface area (TPSA) is 50.7 Å². The SMILES string of the molecule is Cc1c(C#N)c(=O)n(C23CC4CC(CC(C4)C2)C3)n1C. The maximum Gasteiger partial charge on any atom is 0.285 e. The van der Waals surface area contributed by atoms with E-state index in [1.807, 2.05) is 23.3 Å². The molecule has 4 bridgehead atoms. The molecule has 4 fully saturated rings. The number of aromatic nitrogens is 2. The predicted molar refractivity (Wildman–Crippen MR) is 75.3 cm³/mol. The second kappa shape index (κ2) is 3.78. The molecular weight excluding hydrogens is 250 g/mol. The molecule has 0 radical (unpaired) electrons. The zero-order valence-corrected chi connectivity index (χ0v) is 12.2. The van der Waals surface area contributed by atoms with Crippen molar-refractivity contribution in [2.45, 2.75) is 51.0 Å². The average molecular weight is 271 g/mol. The Hall–Kier alpha value is -1.50. The van der Waals surface area contributed by atoms with E-state index in [0.29, 0.717) is 5.56 Å². The Labute approximate surface area is 119 Å². The molecule has 4 heteroatoms. The molecule has 0 aliphatic heterocycles. The smallest absolute Gasteiger partial charge is 0.285 e. The Balaban J connectivity index is 1.90. The van der Waals surface area contributed by atoms with Gasteiger partial charge in [-0.3, -0.25) is 9.48 Å². The van der Waals surface area contributed by atoms with Crippen LogP contribution in [0.5, 0.6) is 0 Å². The molecule has 0 aromatic carbocycles. The molecule has 4 aliphatic carbocycles. The van der Waals surface area contributed by atoms with Crippen LogP contribution in [0.25, 0.3) is 0 Å². The highest BCUT2D eigenvalue weighted by Crippen LogP contribution is 2.58. The Bertz CT molecular complexity index is 638. The molecular formula is C16H21N3O. The summed E-state index contributed by atoms with van der Waals surface area (Å²) in [4.78, 5) is 12.7. The first-order valence-electron chi connectivity index (χ1n) is 7.73. The first kappa shape index (κ1) is 12.3. The molecule has 1 aromatic rings. The summed E-state index contributed by atoms with van der Waals surface area (Å²) in [6, 6.07) is 2.10. The van der Waals surface area contributed by atoms with Gasteiger partial charge in [-0.05, 0) is 63.2 Å². The fourth-order valence-corrected chi connectivity index (χ4v) is 5.70. The zero-order chi connectivity index (χ0) is 14.1. The second-order valence-electron chi connectivity index (χ2n) is 7.35.